The Labute approximate surface area is 82.5 Å². The van der Waals surface area contributed by atoms with Gasteiger partial charge >= 0.3 is 0 Å². The van der Waals surface area contributed by atoms with Gasteiger partial charge in [-0.05, 0) is 17.9 Å². The molecule has 14 heavy (non-hydrogen) atoms. The van der Waals surface area contributed by atoms with Crippen LogP contribution in [0.1, 0.15) is 6.42 Å². The highest BCUT2D eigenvalue weighted by molar-refractivity contribution is 5.19. The Hall–Kier alpha value is -0.420. The topological polar surface area (TPSA) is 47.9 Å². The Morgan fingerprint density at radius 2 is 2.29 bits per heavy atom. The maximum absolute atomic E-state index is 9.78. The van der Waals surface area contributed by atoms with Gasteiger partial charge in [0.25, 0.3) is 0 Å². The van der Waals surface area contributed by atoms with Crippen LogP contribution >= 0.6 is 0 Å². The van der Waals surface area contributed by atoms with Crippen molar-refractivity contribution in [1.82, 2.24) is 0 Å². The van der Waals surface area contributed by atoms with Gasteiger partial charge < -0.3 is 19.3 Å². The second kappa shape index (κ2) is 2.79. The summed E-state index contributed by atoms with van der Waals surface area (Å²) < 4.78 is 16.3. The van der Waals surface area contributed by atoms with E-state index in [1.165, 1.54) is 0 Å². The predicted octanol–water partition coefficient (Wildman–Crippen LogP) is 0.267. The van der Waals surface area contributed by atoms with E-state index in [0.29, 0.717) is 5.92 Å². The lowest BCUT2D eigenvalue weighted by Gasteiger charge is -2.47. The molecule has 4 fully saturated rings. The number of methoxy groups -OCH3 is 1. The summed E-state index contributed by atoms with van der Waals surface area (Å²) in [6.45, 7) is 3.96. The summed E-state index contributed by atoms with van der Waals surface area (Å²) in [5.41, 5.74) is 0.955. The molecule has 0 spiro atoms. The van der Waals surface area contributed by atoms with Gasteiger partial charge in [0.15, 0.2) is 12.6 Å². The molecule has 4 nitrogen and oxygen atoms in total. The third kappa shape index (κ3) is 0.918. The summed E-state index contributed by atoms with van der Waals surface area (Å²) in [5.74, 6) is 0.417. The lowest BCUT2D eigenvalue weighted by Crippen LogP contribution is -2.54. The minimum absolute atomic E-state index is 0.118. The highest BCUT2D eigenvalue weighted by atomic mass is 16.8. The van der Waals surface area contributed by atoms with Crippen LogP contribution in [0.3, 0.4) is 0 Å². The van der Waals surface area contributed by atoms with E-state index in [1.807, 2.05) is 0 Å². The Kier molecular flexibility index (Phi) is 1.77. The summed E-state index contributed by atoms with van der Waals surface area (Å²) in [5, 5.41) is 9.78. The standard InChI is InChI=1S/C10H14O4/c1-4-5-3-6(11)8-7(5)10(12-2)14-9(4)13-8/h5-11H,1,3H2,2H3/t5-,6+,7+,8+,9+,10-/m1/s1. The van der Waals surface area contributed by atoms with Crippen molar-refractivity contribution < 1.29 is 19.3 Å². The van der Waals surface area contributed by atoms with Gasteiger partial charge in [0.05, 0.1) is 12.2 Å². The molecular formula is C10H14O4. The molecule has 0 aromatic heterocycles. The lowest BCUT2D eigenvalue weighted by molar-refractivity contribution is -0.339. The highest BCUT2D eigenvalue weighted by Gasteiger charge is 2.59. The number of hydrogen-bond donors (Lipinski definition) is 1. The second-order valence-electron chi connectivity index (χ2n) is 4.23. The molecule has 3 saturated heterocycles. The summed E-state index contributed by atoms with van der Waals surface area (Å²) in [6, 6.07) is 0. The molecule has 4 bridgehead atoms. The van der Waals surface area contributed by atoms with Crippen molar-refractivity contribution in [2.24, 2.45) is 11.8 Å². The molecule has 0 aromatic carbocycles. The van der Waals surface area contributed by atoms with Gasteiger partial charge in [-0.1, -0.05) is 6.58 Å². The van der Waals surface area contributed by atoms with Crippen LogP contribution in [-0.2, 0) is 14.2 Å². The van der Waals surface area contributed by atoms with E-state index < -0.39 is 6.10 Å². The van der Waals surface area contributed by atoms with E-state index in [-0.39, 0.29) is 24.6 Å². The van der Waals surface area contributed by atoms with E-state index in [1.54, 1.807) is 7.11 Å². The number of rotatable bonds is 1. The van der Waals surface area contributed by atoms with Crippen LogP contribution in [0.25, 0.3) is 0 Å². The Balaban J connectivity index is 1.97. The maximum atomic E-state index is 9.78. The zero-order valence-electron chi connectivity index (χ0n) is 8.05. The van der Waals surface area contributed by atoms with Crippen LogP contribution < -0.4 is 0 Å². The zero-order chi connectivity index (χ0) is 9.87. The van der Waals surface area contributed by atoms with Gasteiger partial charge in [0.2, 0.25) is 0 Å². The van der Waals surface area contributed by atoms with Crippen molar-refractivity contribution in [2.75, 3.05) is 7.11 Å². The molecule has 0 radical (unpaired) electrons. The van der Waals surface area contributed by atoms with E-state index in [4.69, 9.17) is 14.2 Å². The van der Waals surface area contributed by atoms with E-state index >= 15 is 0 Å². The second-order valence-corrected chi connectivity index (χ2v) is 4.23. The molecule has 0 aromatic rings. The van der Waals surface area contributed by atoms with Gasteiger partial charge in [-0.15, -0.1) is 0 Å². The molecule has 4 heteroatoms. The van der Waals surface area contributed by atoms with Crippen molar-refractivity contribution in [2.45, 2.75) is 31.2 Å². The first-order valence-corrected chi connectivity index (χ1v) is 4.93. The van der Waals surface area contributed by atoms with Gasteiger partial charge in [0.1, 0.15) is 0 Å². The molecule has 3 aliphatic heterocycles. The van der Waals surface area contributed by atoms with Gasteiger partial charge in [-0.25, -0.2) is 0 Å². The minimum Gasteiger partial charge on any atom is -0.390 e. The van der Waals surface area contributed by atoms with Gasteiger partial charge in [-0.3, -0.25) is 0 Å². The maximum Gasteiger partial charge on any atom is 0.183 e. The van der Waals surface area contributed by atoms with Gasteiger partial charge in [0, 0.05) is 13.0 Å². The summed E-state index contributed by atoms with van der Waals surface area (Å²) in [7, 11) is 1.62. The number of ether oxygens (including phenoxy) is 3. The number of fused-ring (bicyclic) bond motifs is 1. The van der Waals surface area contributed by atoms with Crippen molar-refractivity contribution >= 4 is 0 Å². The normalized spacial score (nSPS) is 55.4. The molecule has 0 unspecified atom stereocenters. The summed E-state index contributed by atoms with van der Waals surface area (Å²) in [6.07, 6.45) is -0.417. The van der Waals surface area contributed by atoms with Crippen LogP contribution in [0.4, 0.5) is 0 Å². The summed E-state index contributed by atoms with van der Waals surface area (Å²) >= 11 is 0. The molecule has 4 aliphatic rings. The van der Waals surface area contributed by atoms with E-state index in [2.05, 4.69) is 6.58 Å². The monoisotopic (exact) mass is 198 g/mol. The lowest BCUT2D eigenvalue weighted by atomic mass is 9.83. The van der Waals surface area contributed by atoms with Crippen LogP contribution in [0.2, 0.25) is 0 Å². The number of aliphatic hydroxyl groups excluding tert-OH is 1. The first-order valence-electron chi connectivity index (χ1n) is 4.93. The molecule has 1 N–H and O–H groups in total. The molecule has 0 amide bonds. The largest absolute Gasteiger partial charge is 0.390 e. The van der Waals surface area contributed by atoms with Gasteiger partial charge in [-0.2, -0.15) is 0 Å². The van der Waals surface area contributed by atoms with Crippen LogP contribution in [-0.4, -0.2) is 37.0 Å². The molecule has 6 atom stereocenters. The van der Waals surface area contributed by atoms with Crippen molar-refractivity contribution in [3.05, 3.63) is 12.2 Å². The van der Waals surface area contributed by atoms with E-state index in [9.17, 15) is 5.11 Å². The zero-order valence-corrected chi connectivity index (χ0v) is 8.05. The molecule has 3 heterocycles. The molecule has 1 saturated carbocycles. The average Bonchev–Trinajstić information content (AvgIpc) is 2.49. The minimum atomic E-state index is -0.395. The third-order valence-electron chi connectivity index (χ3n) is 3.58. The first kappa shape index (κ1) is 8.85. The third-order valence-corrected chi connectivity index (χ3v) is 3.58. The first-order chi connectivity index (χ1) is 6.72. The SMILES string of the molecule is C=C1[C@@H]2O[C@@H](OC)[C@@H]3[C@@H](O2)[C@@H](O)C[C@H]13. The fraction of sp³-hybridized carbons (Fsp3) is 0.800. The molecule has 4 rings (SSSR count). The number of hydrogen-bond acceptors (Lipinski definition) is 4. The smallest absolute Gasteiger partial charge is 0.183 e. The Morgan fingerprint density at radius 3 is 3.00 bits per heavy atom. The van der Waals surface area contributed by atoms with Crippen LogP contribution in [0.5, 0.6) is 0 Å². The van der Waals surface area contributed by atoms with Crippen LogP contribution in [0.15, 0.2) is 12.2 Å². The predicted molar refractivity (Wildman–Crippen MR) is 47.3 cm³/mol. The fourth-order valence-corrected chi connectivity index (χ4v) is 2.91. The fourth-order valence-electron chi connectivity index (χ4n) is 2.91. The molecule has 1 aliphatic carbocycles. The van der Waals surface area contributed by atoms with E-state index in [0.717, 1.165) is 12.0 Å². The average molecular weight is 198 g/mol. The van der Waals surface area contributed by atoms with Crippen LogP contribution in [0, 0.1) is 11.8 Å². The summed E-state index contributed by atoms with van der Waals surface area (Å²) in [4.78, 5) is 0. The van der Waals surface area contributed by atoms with Crippen molar-refractivity contribution in [1.29, 1.82) is 0 Å². The molecular weight excluding hydrogens is 184 g/mol. The quantitative estimate of drug-likeness (QED) is 0.614. The Bertz CT molecular complexity index is 277. The number of aliphatic hydroxyl groups is 1. The molecule has 78 valence electrons. The van der Waals surface area contributed by atoms with Crippen molar-refractivity contribution in [3.8, 4) is 0 Å². The highest BCUT2D eigenvalue weighted by Crippen LogP contribution is 2.52. The Morgan fingerprint density at radius 1 is 1.50 bits per heavy atom. The van der Waals surface area contributed by atoms with Crippen molar-refractivity contribution in [3.63, 3.8) is 0 Å².